The van der Waals surface area contributed by atoms with Crippen molar-refractivity contribution in [3.8, 4) is 11.8 Å². The average Bonchev–Trinajstić information content (AvgIpc) is 3.52. The number of nitrogens with zero attached hydrogens (tertiary/aromatic N) is 5. The van der Waals surface area contributed by atoms with Crippen LogP contribution in [0.25, 0.3) is 0 Å². The van der Waals surface area contributed by atoms with E-state index >= 15 is 0 Å². The SMILES string of the molecule is Cc1ccc(C(=O)N[C@@H]2CO[C@@H]3[C@@H]2OC[C@@H]3n2nnnc2Oc2cccc(N(C)C)c2)cc1. The zero-order valence-corrected chi connectivity index (χ0v) is 18.7. The van der Waals surface area contributed by atoms with Gasteiger partial charge in [-0.15, -0.1) is 0 Å². The standard InChI is InChI=1S/C23H26N6O4/c1-14-7-9-15(10-8-14)22(30)24-18-12-31-21-19(13-32-20(18)21)29-23(25-26-27-29)33-17-6-4-5-16(11-17)28(2)3/h4-11,18-21H,12-13H2,1-3H3,(H,24,30)/t18-,19+,20-,21+/m1/s1. The number of amides is 1. The summed E-state index contributed by atoms with van der Waals surface area (Å²) in [5.74, 6) is 0.479. The van der Waals surface area contributed by atoms with Crippen molar-refractivity contribution in [1.29, 1.82) is 0 Å². The van der Waals surface area contributed by atoms with Gasteiger partial charge in [0.05, 0.1) is 19.3 Å². The van der Waals surface area contributed by atoms with Gasteiger partial charge in [-0.1, -0.05) is 28.9 Å². The van der Waals surface area contributed by atoms with Gasteiger partial charge >= 0.3 is 6.01 Å². The van der Waals surface area contributed by atoms with Gasteiger partial charge in [-0.05, 0) is 41.6 Å². The molecule has 2 aliphatic rings. The molecule has 1 N–H and O–H groups in total. The van der Waals surface area contributed by atoms with Crippen LogP contribution in [0, 0.1) is 6.92 Å². The van der Waals surface area contributed by atoms with Gasteiger partial charge in [0.1, 0.15) is 24.0 Å². The van der Waals surface area contributed by atoms with E-state index in [1.165, 1.54) is 0 Å². The minimum atomic E-state index is -0.299. The summed E-state index contributed by atoms with van der Waals surface area (Å²) in [6.45, 7) is 2.69. The fourth-order valence-corrected chi connectivity index (χ4v) is 4.16. The Kier molecular flexibility index (Phi) is 5.69. The molecule has 10 heteroatoms. The number of ether oxygens (including phenoxy) is 3. The number of benzene rings is 2. The number of fused-ring (bicyclic) bond motifs is 1. The van der Waals surface area contributed by atoms with Gasteiger partial charge < -0.3 is 24.4 Å². The summed E-state index contributed by atoms with van der Waals surface area (Å²) in [5, 5.41) is 15.0. The molecule has 2 fully saturated rings. The number of aromatic nitrogens is 4. The second-order valence-corrected chi connectivity index (χ2v) is 8.51. The van der Waals surface area contributed by atoms with Gasteiger partial charge in [-0.25, -0.2) is 0 Å². The van der Waals surface area contributed by atoms with E-state index < -0.39 is 0 Å². The van der Waals surface area contributed by atoms with Crippen molar-refractivity contribution < 1.29 is 19.0 Å². The zero-order chi connectivity index (χ0) is 22.9. The number of hydrogen-bond acceptors (Lipinski definition) is 8. The van der Waals surface area contributed by atoms with E-state index in [2.05, 4.69) is 20.8 Å². The minimum absolute atomic E-state index is 0.150. The van der Waals surface area contributed by atoms with E-state index in [1.54, 1.807) is 4.68 Å². The van der Waals surface area contributed by atoms with Gasteiger partial charge in [0.25, 0.3) is 5.91 Å². The molecule has 33 heavy (non-hydrogen) atoms. The molecule has 172 valence electrons. The number of hydrogen-bond donors (Lipinski definition) is 1. The molecule has 0 aliphatic carbocycles. The van der Waals surface area contributed by atoms with Crippen molar-refractivity contribution in [2.45, 2.75) is 31.2 Å². The summed E-state index contributed by atoms with van der Waals surface area (Å²) in [6.07, 6.45) is -0.592. The Hall–Kier alpha value is -3.50. The molecule has 0 radical (unpaired) electrons. The first-order valence-electron chi connectivity index (χ1n) is 10.8. The topological polar surface area (TPSA) is 104 Å². The van der Waals surface area contributed by atoms with Crippen LogP contribution in [-0.4, -0.2) is 71.7 Å². The van der Waals surface area contributed by atoms with Crippen LogP contribution >= 0.6 is 0 Å². The molecule has 10 nitrogen and oxygen atoms in total. The molecule has 0 bridgehead atoms. The largest absolute Gasteiger partial charge is 0.423 e. The number of rotatable bonds is 6. The molecule has 2 aliphatic heterocycles. The third-order valence-corrected chi connectivity index (χ3v) is 5.98. The van der Waals surface area contributed by atoms with Crippen molar-refractivity contribution in [3.63, 3.8) is 0 Å². The third-order valence-electron chi connectivity index (χ3n) is 5.98. The van der Waals surface area contributed by atoms with Crippen LogP contribution in [0.2, 0.25) is 0 Å². The molecular weight excluding hydrogens is 424 g/mol. The first-order valence-corrected chi connectivity index (χ1v) is 10.8. The van der Waals surface area contributed by atoms with Crippen molar-refractivity contribution in [2.75, 3.05) is 32.2 Å². The molecule has 2 aromatic carbocycles. The Morgan fingerprint density at radius 3 is 2.70 bits per heavy atom. The fraction of sp³-hybridized carbons (Fsp3) is 0.391. The van der Waals surface area contributed by atoms with Crippen LogP contribution in [-0.2, 0) is 9.47 Å². The summed E-state index contributed by atoms with van der Waals surface area (Å²) < 4.78 is 19.6. The second-order valence-electron chi connectivity index (χ2n) is 8.51. The Labute approximate surface area is 191 Å². The number of aryl methyl sites for hydroxylation is 1. The smallest absolute Gasteiger partial charge is 0.341 e. The van der Waals surface area contributed by atoms with Crippen LogP contribution in [0.4, 0.5) is 5.69 Å². The average molecular weight is 450 g/mol. The normalized spacial score (nSPS) is 23.8. The van der Waals surface area contributed by atoms with Crippen molar-refractivity contribution >= 4 is 11.6 Å². The molecule has 5 rings (SSSR count). The maximum atomic E-state index is 12.7. The lowest BCUT2D eigenvalue weighted by molar-refractivity contribution is 0.0606. The monoisotopic (exact) mass is 450 g/mol. The van der Waals surface area contributed by atoms with E-state index in [0.29, 0.717) is 24.5 Å². The molecule has 0 unspecified atom stereocenters. The predicted octanol–water partition coefficient (Wildman–Crippen LogP) is 1.98. The van der Waals surface area contributed by atoms with Crippen molar-refractivity contribution in [2.24, 2.45) is 0 Å². The van der Waals surface area contributed by atoms with Crippen LogP contribution in [0.3, 0.4) is 0 Å². The Morgan fingerprint density at radius 1 is 1.12 bits per heavy atom. The molecule has 2 saturated heterocycles. The molecule has 1 amide bonds. The van der Waals surface area contributed by atoms with E-state index in [0.717, 1.165) is 11.3 Å². The van der Waals surface area contributed by atoms with Gasteiger partial charge in [-0.3, -0.25) is 4.79 Å². The Morgan fingerprint density at radius 2 is 1.91 bits per heavy atom. The van der Waals surface area contributed by atoms with E-state index in [-0.39, 0.29) is 36.2 Å². The van der Waals surface area contributed by atoms with Crippen LogP contribution in [0.15, 0.2) is 48.5 Å². The highest BCUT2D eigenvalue weighted by atomic mass is 16.6. The lowest BCUT2D eigenvalue weighted by Crippen LogP contribution is -2.44. The van der Waals surface area contributed by atoms with Crippen LogP contribution in [0.1, 0.15) is 22.0 Å². The quantitative estimate of drug-likeness (QED) is 0.608. The summed E-state index contributed by atoms with van der Waals surface area (Å²) in [7, 11) is 3.93. The number of carbonyl (C=O) groups is 1. The summed E-state index contributed by atoms with van der Waals surface area (Å²) in [5.41, 5.74) is 2.71. The summed E-state index contributed by atoms with van der Waals surface area (Å²) in [6, 6.07) is 14.9. The van der Waals surface area contributed by atoms with Gasteiger partial charge in [0.15, 0.2) is 0 Å². The minimum Gasteiger partial charge on any atom is -0.423 e. The third kappa shape index (κ3) is 4.27. The highest BCUT2D eigenvalue weighted by Crippen LogP contribution is 2.36. The Balaban J connectivity index is 1.28. The lowest BCUT2D eigenvalue weighted by atomic mass is 10.1. The van der Waals surface area contributed by atoms with Gasteiger partial charge in [0.2, 0.25) is 0 Å². The fourth-order valence-electron chi connectivity index (χ4n) is 4.16. The summed E-state index contributed by atoms with van der Waals surface area (Å²) in [4.78, 5) is 14.6. The maximum Gasteiger partial charge on any atom is 0.341 e. The first-order chi connectivity index (χ1) is 16.0. The molecule has 3 aromatic rings. The maximum absolute atomic E-state index is 12.7. The van der Waals surface area contributed by atoms with Crippen LogP contribution < -0.4 is 15.0 Å². The number of anilines is 1. The molecule has 0 spiro atoms. The highest BCUT2D eigenvalue weighted by Gasteiger charge is 2.50. The number of carbonyl (C=O) groups excluding carboxylic acids is 1. The van der Waals surface area contributed by atoms with Crippen molar-refractivity contribution in [3.05, 3.63) is 59.7 Å². The molecule has 1 aromatic heterocycles. The van der Waals surface area contributed by atoms with Gasteiger partial charge in [0, 0.05) is 31.4 Å². The molecule has 3 heterocycles. The Bertz CT molecular complexity index is 1130. The molecular formula is C23H26N6O4. The van der Waals surface area contributed by atoms with E-state index in [4.69, 9.17) is 14.2 Å². The van der Waals surface area contributed by atoms with E-state index in [9.17, 15) is 4.79 Å². The zero-order valence-electron chi connectivity index (χ0n) is 18.7. The van der Waals surface area contributed by atoms with Crippen LogP contribution in [0.5, 0.6) is 11.8 Å². The highest BCUT2D eigenvalue weighted by molar-refractivity contribution is 5.94. The van der Waals surface area contributed by atoms with E-state index in [1.807, 2.05) is 74.4 Å². The lowest BCUT2D eigenvalue weighted by Gasteiger charge is -2.18. The number of tetrazole rings is 1. The van der Waals surface area contributed by atoms with Crippen molar-refractivity contribution in [1.82, 2.24) is 25.5 Å². The first kappa shape index (κ1) is 21.4. The summed E-state index contributed by atoms with van der Waals surface area (Å²) >= 11 is 0. The van der Waals surface area contributed by atoms with Gasteiger partial charge in [-0.2, -0.15) is 4.68 Å². The molecule has 0 saturated carbocycles. The number of nitrogens with one attached hydrogen (secondary N) is 1. The second kappa shape index (κ2) is 8.80. The molecule has 4 atom stereocenters. The predicted molar refractivity (Wildman–Crippen MR) is 120 cm³/mol.